The van der Waals surface area contributed by atoms with Crippen LogP contribution in [0.15, 0.2) is 23.9 Å². The second-order valence-corrected chi connectivity index (χ2v) is 1.82. The summed E-state index contributed by atoms with van der Waals surface area (Å²) in [6, 6.07) is 0. The largest absolute Gasteiger partial charge is 0.497 e. The molecule has 0 saturated heterocycles. The van der Waals surface area contributed by atoms with Gasteiger partial charge in [0.2, 0.25) is 0 Å². The van der Waals surface area contributed by atoms with Crippen LogP contribution in [0.3, 0.4) is 0 Å². The molecule has 0 fully saturated rings. The lowest BCUT2D eigenvalue weighted by atomic mass is 10.4. The normalized spacial score (nSPS) is 16.6. The predicted octanol–water partition coefficient (Wildman–Crippen LogP) is 1.03. The predicted molar refractivity (Wildman–Crippen MR) is 36.1 cm³/mol. The first-order valence-electron chi connectivity index (χ1n) is 2.98. The third-order valence-corrected chi connectivity index (χ3v) is 1.23. The van der Waals surface area contributed by atoms with Crippen LogP contribution in [0.25, 0.3) is 0 Å². The van der Waals surface area contributed by atoms with E-state index in [-0.39, 0.29) is 0 Å². The van der Waals surface area contributed by atoms with E-state index in [2.05, 4.69) is 0 Å². The zero-order valence-corrected chi connectivity index (χ0v) is 6.09. The summed E-state index contributed by atoms with van der Waals surface area (Å²) in [7, 11) is 3.18. The number of ether oxygens (including phenoxy) is 3. The first-order chi connectivity index (χ1) is 4.86. The van der Waals surface area contributed by atoms with Gasteiger partial charge in [-0.2, -0.15) is 0 Å². The molecular formula is C7H10O3. The van der Waals surface area contributed by atoms with E-state index in [4.69, 9.17) is 14.2 Å². The van der Waals surface area contributed by atoms with E-state index in [1.807, 2.05) is 6.08 Å². The Kier molecular flexibility index (Phi) is 2.20. The Morgan fingerprint density at radius 3 is 2.50 bits per heavy atom. The smallest absolute Gasteiger partial charge is 0.279 e. The Hall–Kier alpha value is -1.12. The van der Waals surface area contributed by atoms with Crippen molar-refractivity contribution in [1.29, 1.82) is 0 Å². The number of allylic oxidation sites excluding steroid dienone is 2. The monoisotopic (exact) mass is 142 g/mol. The van der Waals surface area contributed by atoms with E-state index in [1.165, 1.54) is 0 Å². The summed E-state index contributed by atoms with van der Waals surface area (Å²) in [4.78, 5) is 0. The molecule has 1 aliphatic rings. The number of rotatable bonds is 2. The Labute approximate surface area is 59.9 Å². The highest BCUT2D eigenvalue weighted by Crippen LogP contribution is 2.09. The molecule has 10 heavy (non-hydrogen) atoms. The highest BCUT2D eigenvalue weighted by atomic mass is 16.7. The molecule has 3 heteroatoms. The maximum absolute atomic E-state index is 5.08. The lowest BCUT2D eigenvalue weighted by Gasteiger charge is -2.13. The van der Waals surface area contributed by atoms with Crippen molar-refractivity contribution in [2.24, 2.45) is 0 Å². The van der Waals surface area contributed by atoms with Gasteiger partial charge in [0.25, 0.3) is 5.95 Å². The van der Waals surface area contributed by atoms with Gasteiger partial charge in [-0.3, -0.25) is 0 Å². The van der Waals surface area contributed by atoms with Crippen LogP contribution >= 0.6 is 0 Å². The summed E-state index contributed by atoms with van der Waals surface area (Å²) in [6.45, 7) is 0.455. The topological polar surface area (TPSA) is 27.7 Å². The van der Waals surface area contributed by atoms with Crippen molar-refractivity contribution in [2.75, 3.05) is 20.8 Å². The molecule has 0 unspecified atom stereocenters. The van der Waals surface area contributed by atoms with E-state index in [0.717, 1.165) is 5.76 Å². The van der Waals surface area contributed by atoms with Crippen LogP contribution in [-0.4, -0.2) is 20.8 Å². The highest BCUT2D eigenvalue weighted by Gasteiger charge is 2.05. The summed E-state index contributed by atoms with van der Waals surface area (Å²) in [6.07, 6.45) is 3.55. The molecule has 0 aromatic heterocycles. The first-order valence-corrected chi connectivity index (χ1v) is 2.98. The molecule has 0 aromatic carbocycles. The van der Waals surface area contributed by atoms with E-state index < -0.39 is 0 Å². The van der Waals surface area contributed by atoms with Crippen molar-refractivity contribution in [2.45, 2.75) is 0 Å². The SMILES string of the molecule is COC1=CC=C(OC)OC1. The maximum Gasteiger partial charge on any atom is 0.279 e. The molecular weight excluding hydrogens is 132 g/mol. The van der Waals surface area contributed by atoms with E-state index in [9.17, 15) is 0 Å². The average Bonchev–Trinajstić information content (AvgIpc) is 2.05. The van der Waals surface area contributed by atoms with Crippen LogP contribution in [0, 0.1) is 0 Å². The highest BCUT2D eigenvalue weighted by molar-refractivity contribution is 5.12. The zero-order chi connectivity index (χ0) is 7.40. The van der Waals surface area contributed by atoms with E-state index >= 15 is 0 Å². The Balaban J connectivity index is 2.55. The lowest BCUT2D eigenvalue weighted by Crippen LogP contribution is -2.05. The van der Waals surface area contributed by atoms with Crippen molar-refractivity contribution >= 4 is 0 Å². The van der Waals surface area contributed by atoms with Crippen molar-refractivity contribution in [1.82, 2.24) is 0 Å². The molecule has 0 radical (unpaired) electrons. The number of hydrogen-bond acceptors (Lipinski definition) is 3. The lowest BCUT2D eigenvalue weighted by molar-refractivity contribution is 0.0511. The molecule has 0 spiro atoms. The number of methoxy groups -OCH3 is 2. The van der Waals surface area contributed by atoms with Gasteiger partial charge in [0, 0.05) is 6.08 Å². The van der Waals surface area contributed by atoms with Gasteiger partial charge in [0.05, 0.1) is 14.2 Å². The van der Waals surface area contributed by atoms with Gasteiger partial charge >= 0.3 is 0 Å². The minimum atomic E-state index is 0.455. The minimum Gasteiger partial charge on any atom is -0.497 e. The first kappa shape index (κ1) is 6.99. The molecule has 1 heterocycles. The van der Waals surface area contributed by atoms with Crippen molar-refractivity contribution in [3.05, 3.63) is 23.9 Å². The van der Waals surface area contributed by atoms with Crippen molar-refractivity contribution < 1.29 is 14.2 Å². The molecule has 0 N–H and O–H groups in total. The second-order valence-electron chi connectivity index (χ2n) is 1.82. The minimum absolute atomic E-state index is 0.455. The van der Waals surface area contributed by atoms with Crippen LogP contribution in [-0.2, 0) is 14.2 Å². The van der Waals surface area contributed by atoms with E-state index in [0.29, 0.717) is 12.6 Å². The van der Waals surface area contributed by atoms with Crippen LogP contribution in [0.5, 0.6) is 0 Å². The van der Waals surface area contributed by atoms with Crippen LogP contribution in [0.4, 0.5) is 0 Å². The Morgan fingerprint density at radius 1 is 1.30 bits per heavy atom. The van der Waals surface area contributed by atoms with Crippen LogP contribution in [0.1, 0.15) is 0 Å². The summed E-state index contributed by atoms with van der Waals surface area (Å²) in [5, 5.41) is 0. The molecule has 0 saturated carbocycles. The molecule has 1 aliphatic heterocycles. The third-order valence-electron chi connectivity index (χ3n) is 1.23. The molecule has 3 nitrogen and oxygen atoms in total. The fourth-order valence-corrected chi connectivity index (χ4v) is 0.653. The third kappa shape index (κ3) is 1.43. The Morgan fingerprint density at radius 2 is 2.10 bits per heavy atom. The van der Waals surface area contributed by atoms with Gasteiger partial charge in [-0.05, 0) is 6.08 Å². The van der Waals surface area contributed by atoms with Gasteiger partial charge < -0.3 is 14.2 Å². The average molecular weight is 142 g/mol. The van der Waals surface area contributed by atoms with Crippen LogP contribution < -0.4 is 0 Å². The number of hydrogen-bond donors (Lipinski definition) is 0. The van der Waals surface area contributed by atoms with Gasteiger partial charge in [0.15, 0.2) is 0 Å². The van der Waals surface area contributed by atoms with Crippen molar-refractivity contribution in [3.8, 4) is 0 Å². The van der Waals surface area contributed by atoms with Gasteiger partial charge in [0.1, 0.15) is 12.4 Å². The summed E-state index contributed by atoms with van der Waals surface area (Å²) < 4.78 is 14.8. The fraction of sp³-hybridized carbons (Fsp3) is 0.429. The van der Waals surface area contributed by atoms with Gasteiger partial charge in [-0.25, -0.2) is 0 Å². The molecule has 0 amide bonds. The fourth-order valence-electron chi connectivity index (χ4n) is 0.653. The molecule has 0 atom stereocenters. The van der Waals surface area contributed by atoms with Crippen molar-refractivity contribution in [3.63, 3.8) is 0 Å². The quantitative estimate of drug-likeness (QED) is 0.576. The summed E-state index contributed by atoms with van der Waals surface area (Å²) >= 11 is 0. The van der Waals surface area contributed by atoms with E-state index in [1.54, 1.807) is 20.3 Å². The molecule has 0 aromatic rings. The Bertz CT molecular complexity index is 150. The molecule has 0 aliphatic carbocycles. The summed E-state index contributed by atoms with van der Waals surface area (Å²) in [5.41, 5.74) is 0. The summed E-state index contributed by atoms with van der Waals surface area (Å²) in [5.74, 6) is 1.33. The maximum atomic E-state index is 5.08. The van der Waals surface area contributed by atoms with Crippen LogP contribution in [0.2, 0.25) is 0 Å². The van der Waals surface area contributed by atoms with Gasteiger partial charge in [-0.1, -0.05) is 0 Å². The molecule has 0 bridgehead atoms. The van der Waals surface area contributed by atoms with Gasteiger partial charge in [-0.15, -0.1) is 0 Å². The standard InChI is InChI=1S/C7H10O3/c1-8-6-3-4-7(9-2)10-5-6/h3-4H,5H2,1-2H3. The molecule has 1 rings (SSSR count). The molecule has 56 valence electrons. The second kappa shape index (κ2) is 3.15. The zero-order valence-electron chi connectivity index (χ0n) is 6.09.